The van der Waals surface area contributed by atoms with Crippen LogP contribution in [0.3, 0.4) is 0 Å². The van der Waals surface area contributed by atoms with Crippen molar-refractivity contribution in [2.45, 2.75) is 13.3 Å². The molecular weight excluding hydrogens is 448 g/mol. The van der Waals surface area contributed by atoms with Gasteiger partial charge in [0.05, 0.1) is 37.0 Å². The van der Waals surface area contributed by atoms with Gasteiger partial charge in [0.15, 0.2) is 0 Å². The fourth-order valence-corrected chi connectivity index (χ4v) is 4.46. The van der Waals surface area contributed by atoms with E-state index < -0.39 is 5.97 Å². The van der Waals surface area contributed by atoms with E-state index in [2.05, 4.69) is 0 Å². The number of aryl methyl sites for hydroxylation is 1. The van der Waals surface area contributed by atoms with Crippen LogP contribution in [0.1, 0.15) is 11.3 Å². The van der Waals surface area contributed by atoms with Gasteiger partial charge in [-0.3, -0.25) is 9.59 Å². The summed E-state index contributed by atoms with van der Waals surface area (Å²) in [6, 6.07) is 17.7. The van der Waals surface area contributed by atoms with Crippen molar-refractivity contribution in [2.75, 3.05) is 14.2 Å². The Morgan fingerprint density at radius 1 is 0.943 bits per heavy atom. The van der Waals surface area contributed by atoms with Crippen LogP contribution < -0.4 is 14.9 Å². The predicted molar refractivity (Wildman–Crippen MR) is 132 cm³/mol. The maximum atomic E-state index is 13.7. The third-order valence-electron chi connectivity index (χ3n) is 6.04. The second kappa shape index (κ2) is 8.68. The largest absolute Gasteiger partial charge is 0.497 e. The van der Waals surface area contributed by atoms with E-state index in [0.29, 0.717) is 67.2 Å². The summed E-state index contributed by atoms with van der Waals surface area (Å²) in [7, 11) is 3.12. The molecule has 0 aliphatic heterocycles. The Labute approximate surface area is 200 Å². The Morgan fingerprint density at radius 3 is 2.37 bits per heavy atom. The molecule has 7 nitrogen and oxygen atoms in total. The van der Waals surface area contributed by atoms with Gasteiger partial charge < -0.3 is 23.4 Å². The number of carbonyl (C=O) groups is 1. The van der Waals surface area contributed by atoms with E-state index in [1.54, 1.807) is 69.7 Å². The molecule has 35 heavy (non-hydrogen) atoms. The maximum absolute atomic E-state index is 13.7. The van der Waals surface area contributed by atoms with Crippen LogP contribution in [0.4, 0.5) is 0 Å². The number of benzene rings is 3. The first-order valence-corrected chi connectivity index (χ1v) is 10.9. The monoisotopic (exact) mass is 470 g/mol. The number of hydrogen-bond acceptors (Lipinski definition) is 6. The van der Waals surface area contributed by atoms with E-state index >= 15 is 0 Å². The van der Waals surface area contributed by atoms with Crippen molar-refractivity contribution in [3.8, 4) is 33.9 Å². The minimum Gasteiger partial charge on any atom is -0.497 e. The first kappa shape index (κ1) is 22.3. The van der Waals surface area contributed by atoms with Gasteiger partial charge in [0.1, 0.15) is 34.2 Å². The summed E-state index contributed by atoms with van der Waals surface area (Å²) in [5.41, 5.74) is 2.65. The summed E-state index contributed by atoms with van der Waals surface area (Å²) in [5.74, 6) is 1.00. The number of carboxylic acids is 1. The second-order valence-corrected chi connectivity index (χ2v) is 8.09. The van der Waals surface area contributed by atoms with Crippen molar-refractivity contribution in [2.24, 2.45) is 0 Å². The highest BCUT2D eigenvalue weighted by Crippen LogP contribution is 2.40. The molecule has 0 bridgehead atoms. The van der Waals surface area contributed by atoms with E-state index in [1.807, 2.05) is 12.1 Å². The molecule has 0 atom stereocenters. The first-order chi connectivity index (χ1) is 16.9. The summed E-state index contributed by atoms with van der Waals surface area (Å²) in [6.07, 6.45) is -0.301. The van der Waals surface area contributed by atoms with Crippen LogP contribution in [0, 0.1) is 6.92 Å². The van der Waals surface area contributed by atoms with Crippen molar-refractivity contribution in [3.05, 3.63) is 82.2 Å². The molecule has 5 rings (SSSR count). The van der Waals surface area contributed by atoms with Crippen molar-refractivity contribution in [3.63, 3.8) is 0 Å². The predicted octanol–water partition coefficient (Wildman–Crippen LogP) is 5.83. The van der Waals surface area contributed by atoms with Crippen molar-refractivity contribution < 1.29 is 28.2 Å². The van der Waals surface area contributed by atoms with Gasteiger partial charge in [-0.2, -0.15) is 0 Å². The molecular formula is C28H22O7. The molecule has 0 saturated heterocycles. The number of furan rings is 1. The molecule has 0 aliphatic carbocycles. The molecule has 1 N–H and O–H groups in total. The number of hydrogen-bond donors (Lipinski definition) is 1. The van der Waals surface area contributed by atoms with Gasteiger partial charge in [-0.15, -0.1) is 0 Å². The topological polar surface area (TPSA) is 99.1 Å². The summed E-state index contributed by atoms with van der Waals surface area (Å²) < 4.78 is 23.0. The minimum absolute atomic E-state index is 0.233. The molecule has 0 spiro atoms. The van der Waals surface area contributed by atoms with Gasteiger partial charge in [0.2, 0.25) is 5.43 Å². The number of ether oxygens (including phenoxy) is 2. The summed E-state index contributed by atoms with van der Waals surface area (Å²) >= 11 is 0. The summed E-state index contributed by atoms with van der Waals surface area (Å²) in [5, 5.41) is 10.5. The van der Waals surface area contributed by atoms with E-state index in [9.17, 15) is 14.7 Å². The lowest BCUT2D eigenvalue weighted by Crippen LogP contribution is -2.09. The molecule has 3 aromatic carbocycles. The standard InChI is InChI=1S/C28H22O7/c1-15-24(18-6-4-5-7-21(18)33-3)26(31)19-12-13-22-25(28(19)34-15)20(14-23(29)30)27(35-22)16-8-10-17(32-2)11-9-16/h4-13H,14H2,1-3H3,(H,29,30). The molecule has 5 aromatic rings. The van der Waals surface area contributed by atoms with E-state index in [-0.39, 0.29) is 11.8 Å². The number of para-hydroxylation sites is 1. The third-order valence-corrected chi connectivity index (χ3v) is 6.04. The zero-order valence-electron chi connectivity index (χ0n) is 19.4. The molecule has 0 radical (unpaired) electrons. The van der Waals surface area contributed by atoms with Gasteiger partial charge in [-0.05, 0) is 49.4 Å². The molecule has 0 amide bonds. The van der Waals surface area contributed by atoms with Gasteiger partial charge in [-0.1, -0.05) is 18.2 Å². The number of aliphatic carboxylic acids is 1. The lowest BCUT2D eigenvalue weighted by Gasteiger charge is -2.11. The smallest absolute Gasteiger partial charge is 0.307 e. The fourth-order valence-electron chi connectivity index (χ4n) is 4.46. The van der Waals surface area contributed by atoms with Crippen LogP contribution in [0.2, 0.25) is 0 Å². The van der Waals surface area contributed by atoms with E-state index in [0.717, 1.165) is 0 Å². The first-order valence-electron chi connectivity index (χ1n) is 10.9. The van der Waals surface area contributed by atoms with Crippen molar-refractivity contribution in [1.82, 2.24) is 0 Å². The van der Waals surface area contributed by atoms with Crippen molar-refractivity contribution in [1.29, 1.82) is 0 Å². The molecule has 0 saturated carbocycles. The molecule has 0 unspecified atom stereocenters. The highest BCUT2D eigenvalue weighted by atomic mass is 16.5. The number of carboxylic acid groups (broad SMARTS) is 1. The quantitative estimate of drug-likeness (QED) is 0.333. The molecule has 0 aliphatic rings. The summed E-state index contributed by atoms with van der Waals surface area (Å²) in [4.78, 5) is 25.5. The lowest BCUT2D eigenvalue weighted by molar-refractivity contribution is -0.136. The molecule has 2 heterocycles. The SMILES string of the molecule is COc1ccc(-c2oc3ccc4c(=O)c(-c5ccccc5OC)c(C)oc4c3c2CC(=O)O)cc1. The van der Waals surface area contributed by atoms with Crippen molar-refractivity contribution >= 4 is 27.9 Å². The van der Waals surface area contributed by atoms with Crippen LogP contribution in [0.5, 0.6) is 11.5 Å². The van der Waals surface area contributed by atoms with Crippen LogP contribution in [0.15, 0.2) is 74.3 Å². The van der Waals surface area contributed by atoms with Crippen LogP contribution in [-0.2, 0) is 11.2 Å². The fraction of sp³-hybridized carbons (Fsp3) is 0.143. The van der Waals surface area contributed by atoms with Gasteiger partial charge in [0.25, 0.3) is 0 Å². The van der Waals surface area contributed by atoms with Gasteiger partial charge in [0, 0.05) is 16.7 Å². The lowest BCUT2D eigenvalue weighted by atomic mass is 9.98. The summed E-state index contributed by atoms with van der Waals surface area (Å²) in [6.45, 7) is 1.71. The average molecular weight is 470 g/mol. The van der Waals surface area contributed by atoms with Crippen LogP contribution >= 0.6 is 0 Å². The Bertz CT molecular complexity index is 1640. The Balaban J connectivity index is 1.82. The zero-order chi connectivity index (χ0) is 24.7. The molecule has 7 heteroatoms. The zero-order valence-corrected chi connectivity index (χ0v) is 19.4. The third kappa shape index (κ3) is 3.71. The van der Waals surface area contributed by atoms with E-state index in [1.165, 1.54) is 0 Å². The van der Waals surface area contributed by atoms with Gasteiger partial charge in [-0.25, -0.2) is 0 Å². The average Bonchev–Trinajstić information content (AvgIpc) is 3.22. The second-order valence-electron chi connectivity index (χ2n) is 8.09. The van der Waals surface area contributed by atoms with Gasteiger partial charge >= 0.3 is 5.97 Å². The molecule has 176 valence electrons. The molecule has 2 aromatic heterocycles. The number of methoxy groups -OCH3 is 2. The number of rotatable bonds is 6. The highest BCUT2D eigenvalue weighted by molar-refractivity contribution is 6.08. The highest BCUT2D eigenvalue weighted by Gasteiger charge is 2.24. The Kier molecular flexibility index (Phi) is 5.53. The van der Waals surface area contributed by atoms with Crippen LogP contribution in [0.25, 0.3) is 44.4 Å². The van der Waals surface area contributed by atoms with E-state index in [4.69, 9.17) is 18.3 Å². The molecule has 0 fully saturated rings. The Morgan fingerprint density at radius 2 is 1.69 bits per heavy atom. The maximum Gasteiger partial charge on any atom is 0.307 e. The Hall–Kier alpha value is -4.52. The minimum atomic E-state index is -1.02. The number of fused-ring (bicyclic) bond motifs is 3. The normalized spacial score (nSPS) is 11.2. The van der Waals surface area contributed by atoms with Crippen LogP contribution in [-0.4, -0.2) is 25.3 Å².